The molecule has 2 rings (SSSR count). The van der Waals surface area contributed by atoms with Gasteiger partial charge in [-0.3, -0.25) is 4.79 Å². The van der Waals surface area contributed by atoms with Crippen LogP contribution in [0.4, 0.5) is 0 Å². The number of hydrogen-bond donors (Lipinski definition) is 0. The highest BCUT2D eigenvalue weighted by Gasteiger charge is 2.41. The molecule has 0 aliphatic heterocycles. The van der Waals surface area contributed by atoms with Crippen molar-refractivity contribution in [1.29, 1.82) is 0 Å². The van der Waals surface area contributed by atoms with Gasteiger partial charge in [0.2, 0.25) is 0 Å². The third kappa shape index (κ3) is 2.17. The number of fused-ring (bicyclic) bond motifs is 1. The lowest BCUT2D eigenvalue weighted by molar-refractivity contribution is -0.118. The standard InChI is InChI=1S/C12H20O2/c1-2-3-4-14-12-7-9-5-11(13)6-10(9)8-12/h9-10,12H,2-8H2,1H3/t9-,10+,12?. The van der Waals surface area contributed by atoms with Crippen LogP contribution in [0.3, 0.4) is 0 Å². The van der Waals surface area contributed by atoms with Gasteiger partial charge in [0.05, 0.1) is 6.10 Å². The molecule has 2 heteroatoms. The van der Waals surface area contributed by atoms with Crippen LogP contribution in [0.15, 0.2) is 0 Å². The summed E-state index contributed by atoms with van der Waals surface area (Å²) in [6, 6.07) is 0. The molecular weight excluding hydrogens is 176 g/mol. The van der Waals surface area contributed by atoms with E-state index in [0.717, 1.165) is 32.3 Å². The van der Waals surface area contributed by atoms with E-state index in [0.29, 0.717) is 23.7 Å². The average Bonchev–Trinajstić information content (AvgIpc) is 2.61. The molecule has 2 fully saturated rings. The first kappa shape index (κ1) is 10.2. The summed E-state index contributed by atoms with van der Waals surface area (Å²) in [6.45, 7) is 3.10. The lowest BCUT2D eigenvalue weighted by atomic mass is 10.0. The third-order valence-electron chi connectivity index (χ3n) is 3.63. The lowest BCUT2D eigenvalue weighted by Gasteiger charge is -2.11. The Hall–Kier alpha value is -0.370. The van der Waals surface area contributed by atoms with Gasteiger partial charge >= 0.3 is 0 Å². The molecule has 2 saturated carbocycles. The van der Waals surface area contributed by atoms with E-state index < -0.39 is 0 Å². The minimum absolute atomic E-state index is 0.463. The van der Waals surface area contributed by atoms with Gasteiger partial charge in [0.15, 0.2) is 0 Å². The zero-order chi connectivity index (χ0) is 9.97. The van der Waals surface area contributed by atoms with E-state index in [4.69, 9.17) is 4.74 Å². The molecule has 2 aliphatic rings. The number of ketones is 1. The number of carbonyl (C=O) groups excluding carboxylic acids is 1. The van der Waals surface area contributed by atoms with Crippen LogP contribution >= 0.6 is 0 Å². The number of unbranched alkanes of at least 4 members (excludes halogenated alkanes) is 1. The van der Waals surface area contributed by atoms with Crippen LogP contribution in [0.2, 0.25) is 0 Å². The van der Waals surface area contributed by atoms with E-state index in [1.165, 1.54) is 12.8 Å². The van der Waals surface area contributed by atoms with E-state index in [2.05, 4.69) is 6.92 Å². The molecule has 0 heterocycles. The SMILES string of the molecule is CCCCOC1C[C@H]2CC(=O)C[C@H]2C1. The molecule has 2 aliphatic carbocycles. The van der Waals surface area contributed by atoms with Crippen molar-refractivity contribution >= 4 is 5.78 Å². The van der Waals surface area contributed by atoms with Crippen LogP contribution in [0.25, 0.3) is 0 Å². The number of ether oxygens (including phenoxy) is 1. The average molecular weight is 196 g/mol. The third-order valence-corrected chi connectivity index (χ3v) is 3.63. The van der Waals surface area contributed by atoms with E-state index in [1.54, 1.807) is 0 Å². The summed E-state index contributed by atoms with van der Waals surface area (Å²) >= 11 is 0. The molecule has 0 aromatic heterocycles. The highest BCUT2D eigenvalue weighted by Crippen LogP contribution is 2.43. The summed E-state index contributed by atoms with van der Waals surface area (Å²) in [5.41, 5.74) is 0. The highest BCUT2D eigenvalue weighted by atomic mass is 16.5. The van der Waals surface area contributed by atoms with Crippen molar-refractivity contribution < 1.29 is 9.53 Å². The Labute approximate surface area is 86.0 Å². The van der Waals surface area contributed by atoms with Crippen LogP contribution < -0.4 is 0 Å². The van der Waals surface area contributed by atoms with Crippen molar-refractivity contribution in [2.45, 2.75) is 51.6 Å². The fourth-order valence-corrected chi connectivity index (χ4v) is 2.86. The van der Waals surface area contributed by atoms with Crippen LogP contribution in [-0.4, -0.2) is 18.5 Å². The fraction of sp³-hybridized carbons (Fsp3) is 0.917. The van der Waals surface area contributed by atoms with Crippen LogP contribution in [-0.2, 0) is 9.53 Å². The van der Waals surface area contributed by atoms with Crippen LogP contribution in [0, 0.1) is 11.8 Å². The quantitative estimate of drug-likeness (QED) is 0.646. The fourth-order valence-electron chi connectivity index (χ4n) is 2.86. The maximum Gasteiger partial charge on any atom is 0.133 e. The van der Waals surface area contributed by atoms with E-state index in [9.17, 15) is 4.79 Å². The van der Waals surface area contributed by atoms with Gasteiger partial charge in [-0.05, 0) is 31.1 Å². The normalized spacial score (nSPS) is 36.4. The Morgan fingerprint density at radius 2 is 1.93 bits per heavy atom. The van der Waals surface area contributed by atoms with Gasteiger partial charge in [0.25, 0.3) is 0 Å². The molecule has 0 N–H and O–H groups in total. The predicted molar refractivity (Wildman–Crippen MR) is 55.1 cm³/mol. The van der Waals surface area contributed by atoms with E-state index in [-0.39, 0.29) is 0 Å². The summed E-state index contributed by atoms with van der Waals surface area (Å²) in [6.07, 6.45) is 6.78. The first-order valence-electron chi connectivity index (χ1n) is 5.93. The second-order valence-electron chi connectivity index (χ2n) is 4.78. The van der Waals surface area contributed by atoms with Gasteiger partial charge < -0.3 is 4.74 Å². The smallest absolute Gasteiger partial charge is 0.133 e. The molecule has 0 spiro atoms. The molecule has 0 radical (unpaired) electrons. The van der Waals surface area contributed by atoms with Crippen molar-refractivity contribution in [2.75, 3.05) is 6.61 Å². The molecule has 3 atom stereocenters. The maximum absolute atomic E-state index is 11.2. The Kier molecular flexibility index (Phi) is 3.22. The lowest BCUT2D eigenvalue weighted by Crippen LogP contribution is -2.11. The largest absolute Gasteiger partial charge is 0.378 e. The number of hydrogen-bond acceptors (Lipinski definition) is 2. The molecule has 0 aromatic rings. The van der Waals surface area contributed by atoms with E-state index in [1.807, 2.05) is 0 Å². The Bertz CT molecular complexity index is 196. The monoisotopic (exact) mass is 196 g/mol. The van der Waals surface area contributed by atoms with E-state index >= 15 is 0 Å². The van der Waals surface area contributed by atoms with Crippen molar-refractivity contribution in [1.82, 2.24) is 0 Å². The minimum Gasteiger partial charge on any atom is -0.378 e. The van der Waals surface area contributed by atoms with Crippen molar-refractivity contribution in [3.63, 3.8) is 0 Å². The molecule has 0 amide bonds. The predicted octanol–water partition coefficient (Wildman–Crippen LogP) is 2.56. The molecule has 0 saturated heterocycles. The molecule has 0 aromatic carbocycles. The van der Waals surface area contributed by atoms with Crippen molar-refractivity contribution in [3.05, 3.63) is 0 Å². The van der Waals surface area contributed by atoms with Crippen molar-refractivity contribution in [3.8, 4) is 0 Å². The summed E-state index contributed by atoms with van der Waals surface area (Å²) < 4.78 is 5.80. The molecule has 2 nitrogen and oxygen atoms in total. The Morgan fingerprint density at radius 1 is 1.29 bits per heavy atom. The Morgan fingerprint density at radius 3 is 2.50 bits per heavy atom. The molecule has 0 bridgehead atoms. The maximum atomic E-state index is 11.2. The van der Waals surface area contributed by atoms with Gasteiger partial charge in [-0.2, -0.15) is 0 Å². The second kappa shape index (κ2) is 4.43. The first-order chi connectivity index (χ1) is 6.79. The van der Waals surface area contributed by atoms with Crippen LogP contribution in [0.1, 0.15) is 45.4 Å². The van der Waals surface area contributed by atoms with Gasteiger partial charge in [-0.1, -0.05) is 13.3 Å². The van der Waals surface area contributed by atoms with Crippen molar-refractivity contribution in [2.24, 2.45) is 11.8 Å². The summed E-state index contributed by atoms with van der Waals surface area (Å²) in [7, 11) is 0. The topological polar surface area (TPSA) is 26.3 Å². The second-order valence-corrected chi connectivity index (χ2v) is 4.78. The Balaban J connectivity index is 1.72. The molecule has 80 valence electrons. The van der Waals surface area contributed by atoms with Gasteiger partial charge in [-0.25, -0.2) is 0 Å². The zero-order valence-electron chi connectivity index (χ0n) is 9.00. The molecule has 1 unspecified atom stereocenters. The molecular formula is C12H20O2. The van der Waals surface area contributed by atoms with Gasteiger partial charge in [-0.15, -0.1) is 0 Å². The molecule has 14 heavy (non-hydrogen) atoms. The summed E-state index contributed by atoms with van der Waals surface area (Å²) in [5.74, 6) is 1.80. The highest BCUT2D eigenvalue weighted by molar-refractivity contribution is 5.81. The van der Waals surface area contributed by atoms with Gasteiger partial charge in [0.1, 0.15) is 5.78 Å². The number of carbonyl (C=O) groups is 1. The summed E-state index contributed by atoms with van der Waals surface area (Å²) in [5, 5.41) is 0. The minimum atomic E-state index is 0.463. The zero-order valence-corrected chi connectivity index (χ0v) is 9.00. The number of Topliss-reactive ketones (excluding diaryl/α,β-unsaturated/α-hetero) is 1. The van der Waals surface area contributed by atoms with Gasteiger partial charge in [0, 0.05) is 19.4 Å². The number of rotatable bonds is 4. The summed E-state index contributed by atoms with van der Waals surface area (Å²) in [4.78, 5) is 11.2. The van der Waals surface area contributed by atoms with Crippen LogP contribution in [0.5, 0.6) is 0 Å². The first-order valence-corrected chi connectivity index (χ1v) is 5.93.